The van der Waals surface area contributed by atoms with Gasteiger partial charge in [0.1, 0.15) is 0 Å². The quantitative estimate of drug-likeness (QED) is 0.299. The van der Waals surface area contributed by atoms with E-state index in [1.54, 1.807) is 0 Å². The molecule has 14 heavy (non-hydrogen) atoms. The molecule has 0 aliphatic rings. The van der Waals surface area contributed by atoms with Crippen LogP contribution in [0.2, 0.25) is 0 Å². The Morgan fingerprint density at radius 3 is 1.07 bits per heavy atom. The van der Waals surface area contributed by atoms with E-state index < -0.39 is 49.9 Å². The topological polar surface area (TPSA) is 131 Å². The van der Waals surface area contributed by atoms with Gasteiger partial charge in [0.15, 0.2) is 18.1 Å². The number of rotatable bonds is 6. The van der Waals surface area contributed by atoms with Crippen molar-refractivity contribution in [2.24, 2.45) is 5.41 Å². The van der Waals surface area contributed by atoms with Crippen LogP contribution in [0.5, 0.6) is 0 Å². The minimum Gasteiger partial charge on any atom is -0.396 e. The molecule has 0 fully saturated rings. The lowest BCUT2D eigenvalue weighted by Crippen LogP contribution is -2.37. The normalized spacial score (nSPS) is 12.4. The Morgan fingerprint density at radius 1 is 0.786 bits per heavy atom. The molecule has 7 nitrogen and oxygen atoms in total. The minimum atomic E-state index is -1.11. The monoisotopic (exact) mass is 250 g/mol. The molecule has 0 radical (unpaired) electrons. The van der Waals surface area contributed by atoms with E-state index in [4.69, 9.17) is 30.2 Å². The van der Waals surface area contributed by atoms with Crippen LogP contribution in [-0.2, 0) is 4.31 Å². The fraction of sp³-hybridized carbons (Fsp3) is 1.00. The molecule has 0 aromatic heterocycles. The maximum absolute atomic E-state index is 8.50. The highest BCUT2D eigenvalue weighted by Gasteiger charge is 2.26. The van der Waals surface area contributed by atoms with Gasteiger partial charge in [-0.2, -0.15) is 0 Å². The van der Waals surface area contributed by atoms with Crippen LogP contribution in [0.1, 0.15) is 0 Å². The van der Waals surface area contributed by atoms with Crippen LogP contribution in [-0.4, -0.2) is 56.6 Å². The van der Waals surface area contributed by atoms with Gasteiger partial charge in [-0.05, 0) is 0 Å². The summed E-state index contributed by atoms with van der Waals surface area (Å²) in [5, 5.41) is 34.0. The second-order valence-electron chi connectivity index (χ2n) is 2.42. The molecular weight excluding hydrogens is 234 g/mol. The molecule has 2 atom stereocenters. The maximum Gasteiger partial charge on any atom is 0.158 e. The second kappa shape index (κ2) is 11.7. The summed E-state index contributed by atoms with van der Waals surface area (Å²) >= 11 is 0. The summed E-state index contributed by atoms with van der Waals surface area (Å²) in [5.41, 5.74) is -1.11. The molecular formula is C5H16O7P2. The van der Waals surface area contributed by atoms with Crippen molar-refractivity contribution >= 4 is 18.1 Å². The van der Waals surface area contributed by atoms with Crippen molar-refractivity contribution in [3.8, 4) is 0 Å². The van der Waals surface area contributed by atoms with E-state index in [-0.39, 0.29) is 0 Å². The molecule has 0 heterocycles. The summed E-state index contributed by atoms with van der Waals surface area (Å²) in [4.78, 5) is 15.4. The number of hydrogen-bond donors (Lipinski definition) is 6. The molecule has 0 aromatic rings. The van der Waals surface area contributed by atoms with Crippen LogP contribution in [0.15, 0.2) is 0 Å². The predicted molar refractivity (Wildman–Crippen MR) is 52.9 cm³/mol. The summed E-state index contributed by atoms with van der Waals surface area (Å²) in [6, 6.07) is 0. The zero-order valence-electron chi connectivity index (χ0n) is 7.42. The van der Waals surface area contributed by atoms with Crippen LogP contribution < -0.4 is 0 Å². The Bertz CT molecular complexity index is 90.7. The van der Waals surface area contributed by atoms with Gasteiger partial charge in [-0.25, -0.2) is 0 Å². The van der Waals surface area contributed by atoms with E-state index in [1.807, 2.05) is 0 Å². The van der Waals surface area contributed by atoms with Gasteiger partial charge in [0, 0.05) is 0 Å². The maximum atomic E-state index is 8.50. The van der Waals surface area contributed by atoms with Crippen molar-refractivity contribution in [1.82, 2.24) is 0 Å². The van der Waals surface area contributed by atoms with Crippen molar-refractivity contribution in [3.63, 3.8) is 0 Å². The lowest BCUT2D eigenvalue weighted by molar-refractivity contribution is -0.0328. The van der Waals surface area contributed by atoms with Crippen LogP contribution in [0.25, 0.3) is 0 Å². The SMILES string of the molecule is OCC(CO)(CO)CO.OPOPO. The lowest BCUT2D eigenvalue weighted by atomic mass is 9.93. The highest BCUT2D eigenvalue weighted by atomic mass is 31.2. The minimum absolute atomic E-state index is 0.406. The number of hydrogen-bond acceptors (Lipinski definition) is 7. The molecule has 0 rings (SSSR count). The van der Waals surface area contributed by atoms with Crippen LogP contribution in [0.4, 0.5) is 0 Å². The van der Waals surface area contributed by atoms with E-state index in [0.717, 1.165) is 0 Å². The van der Waals surface area contributed by atoms with Gasteiger partial charge in [-0.3, -0.25) is 4.31 Å². The third-order valence-electron chi connectivity index (χ3n) is 1.43. The van der Waals surface area contributed by atoms with E-state index in [1.165, 1.54) is 0 Å². The summed E-state index contributed by atoms with van der Waals surface area (Å²) < 4.78 is 4.00. The second-order valence-corrected chi connectivity index (χ2v) is 3.60. The van der Waals surface area contributed by atoms with Gasteiger partial charge >= 0.3 is 0 Å². The van der Waals surface area contributed by atoms with Crippen LogP contribution >= 0.6 is 18.1 Å². The Morgan fingerprint density at radius 2 is 1.07 bits per heavy atom. The van der Waals surface area contributed by atoms with Crippen molar-refractivity contribution < 1.29 is 34.5 Å². The first-order valence-electron chi connectivity index (χ1n) is 3.53. The molecule has 0 saturated heterocycles. The fourth-order valence-corrected chi connectivity index (χ4v) is 0.484. The Hall–Kier alpha value is 0.580. The van der Waals surface area contributed by atoms with Gasteiger partial charge in [0.2, 0.25) is 0 Å². The van der Waals surface area contributed by atoms with Crippen LogP contribution in [0.3, 0.4) is 0 Å². The van der Waals surface area contributed by atoms with Gasteiger partial charge in [0.05, 0.1) is 31.8 Å². The van der Waals surface area contributed by atoms with E-state index in [2.05, 4.69) is 4.31 Å². The molecule has 0 amide bonds. The average Bonchev–Trinajstić information content (AvgIpc) is 2.24. The molecule has 6 N–H and O–H groups in total. The zero-order chi connectivity index (χ0) is 11.4. The molecule has 0 aliphatic heterocycles. The lowest BCUT2D eigenvalue weighted by Gasteiger charge is -2.23. The van der Waals surface area contributed by atoms with Gasteiger partial charge in [0.25, 0.3) is 0 Å². The molecule has 0 bridgehead atoms. The first-order valence-corrected chi connectivity index (χ1v) is 5.25. The Labute approximate surface area is 85.3 Å². The highest BCUT2D eigenvalue weighted by Crippen LogP contribution is 2.17. The van der Waals surface area contributed by atoms with Crippen molar-refractivity contribution in [2.75, 3.05) is 26.4 Å². The number of aliphatic hydroxyl groups is 4. The van der Waals surface area contributed by atoms with Gasteiger partial charge in [-0.1, -0.05) is 0 Å². The average molecular weight is 250 g/mol. The third kappa shape index (κ3) is 7.94. The van der Waals surface area contributed by atoms with E-state index in [0.29, 0.717) is 0 Å². The molecule has 0 aromatic carbocycles. The van der Waals surface area contributed by atoms with Gasteiger partial charge in [-0.15, -0.1) is 0 Å². The van der Waals surface area contributed by atoms with E-state index in [9.17, 15) is 0 Å². The van der Waals surface area contributed by atoms with Crippen molar-refractivity contribution in [1.29, 1.82) is 0 Å². The summed E-state index contributed by atoms with van der Waals surface area (Å²) in [7, 11) is -1.16. The summed E-state index contributed by atoms with van der Waals surface area (Å²) in [6.07, 6.45) is 0. The standard InChI is InChI=1S/C5H12O4.H4O3P2/c6-1-5(2-7,3-8)4-9;1-4-3-5-2/h6-9H,1-4H2;1-2,4-5H. The molecule has 88 valence electrons. The largest absolute Gasteiger partial charge is 0.396 e. The fourth-order valence-electron chi connectivity index (χ4n) is 0.320. The van der Waals surface area contributed by atoms with Crippen LogP contribution in [0, 0.1) is 5.41 Å². The molecule has 2 unspecified atom stereocenters. The van der Waals surface area contributed by atoms with Gasteiger partial charge < -0.3 is 30.2 Å². The van der Waals surface area contributed by atoms with E-state index >= 15 is 0 Å². The highest BCUT2D eigenvalue weighted by molar-refractivity contribution is 7.39. The molecule has 0 spiro atoms. The third-order valence-corrected chi connectivity index (χ3v) is 2.16. The Balaban J connectivity index is 0. The smallest absolute Gasteiger partial charge is 0.158 e. The first kappa shape index (κ1) is 17.0. The van der Waals surface area contributed by atoms with Crippen molar-refractivity contribution in [2.45, 2.75) is 0 Å². The number of aliphatic hydroxyl groups excluding tert-OH is 4. The zero-order valence-corrected chi connectivity index (χ0v) is 9.42. The Kier molecular flexibility index (Phi) is 14.1. The molecule has 9 heteroatoms. The molecule has 0 aliphatic carbocycles. The predicted octanol–water partition coefficient (Wildman–Crippen LogP) is -2.05. The molecule has 0 saturated carbocycles. The first-order chi connectivity index (χ1) is 6.66. The van der Waals surface area contributed by atoms with Crippen molar-refractivity contribution in [3.05, 3.63) is 0 Å². The summed E-state index contributed by atoms with van der Waals surface area (Å²) in [6.45, 7) is -1.62. The summed E-state index contributed by atoms with van der Waals surface area (Å²) in [5.74, 6) is 0.